The summed E-state index contributed by atoms with van der Waals surface area (Å²) >= 11 is 1.36. The summed E-state index contributed by atoms with van der Waals surface area (Å²) in [4.78, 5) is 29.9. The maximum atomic E-state index is 12.2. The second kappa shape index (κ2) is 5.62. The summed E-state index contributed by atoms with van der Waals surface area (Å²) in [6.45, 7) is 9.82. The van der Waals surface area contributed by atoms with Crippen molar-refractivity contribution in [2.45, 2.75) is 46.4 Å². The standard InChI is InChI=1S/C15H22N2O4S/c1-9(18)17-11(14(2,3)8-21-15(17,4)5)12-16-10(7-22-12)13(19)20-6/h7,11H,8H2,1-6H3. The topological polar surface area (TPSA) is 68.7 Å². The second-order valence-electron chi connectivity index (χ2n) is 6.58. The number of nitrogens with zero attached hydrogens (tertiary/aromatic N) is 2. The zero-order chi connectivity index (χ0) is 16.7. The number of esters is 1. The Bertz CT molecular complexity index is 594. The fourth-order valence-corrected chi connectivity index (χ4v) is 3.87. The van der Waals surface area contributed by atoms with Crippen LogP contribution in [-0.4, -0.2) is 41.2 Å². The van der Waals surface area contributed by atoms with E-state index in [9.17, 15) is 9.59 Å². The molecule has 1 fully saturated rings. The second-order valence-corrected chi connectivity index (χ2v) is 7.47. The van der Waals surface area contributed by atoms with Crippen LogP contribution in [0.15, 0.2) is 5.38 Å². The van der Waals surface area contributed by atoms with Gasteiger partial charge in [-0.15, -0.1) is 11.3 Å². The Labute approximate surface area is 134 Å². The highest BCUT2D eigenvalue weighted by atomic mass is 32.1. The monoisotopic (exact) mass is 326 g/mol. The fourth-order valence-electron chi connectivity index (χ4n) is 2.79. The number of hydrogen-bond acceptors (Lipinski definition) is 6. The van der Waals surface area contributed by atoms with E-state index in [2.05, 4.69) is 4.98 Å². The molecule has 0 saturated carbocycles. The molecule has 22 heavy (non-hydrogen) atoms. The van der Waals surface area contributed by atoms with Crippen LogP contribution in [0.25, 0.3) is 0 Å². The van der Waals surface area contributed by atoms with Gasteiger partial charge >= 0.3 is 5.97 Å². The molecule has 7 heteroatoms. The minimum Gasteiger partial charge on any atom is -0.464 e. The molecule has 1 atom stereocenters. The Morgan fingerprint density at radius 1 is 1.41 bits per heavy atom. The SMILES string of the molecule is COC(=O)c1csc(C2N(C(C)=O)C(C)(C)OCC2(C)C)n1. The maximum Gasteiger partial charge on any atom is 0.357 e. The molecule has 1 aromatic heterocycles. The van der Waals surface area contributed by atoms with Gasteiger partial charge in [0.15, 0.2) is 5.69 Å². The smallest absolute Gasteiger partial charge is 0.357 e. The van der Waals surface area contributed by atoms with Gasteiger partial charge in [-0.3, -0.25) is 4.79 Å². The lowest BCUT2D eigenvalue weighted by atomic mass is 9.81. The summed E-state index contributed by atoms with van der Waals surface area (Å²) in [6.07, 6.45) is 0. The molecular formula is C15H22N2O4S. The number of hydrogen-bond donors (Lipinski definition) is 0. The van der Waals surface area contributed by atoms with Crippen molar-refractivity contribution in [3.63, 3.8) is 0 Å². The van der Waals surface area contributed by atoms with Gasteiger partial charge in [-0.1, -0.05) is 13.8 Å². The summed E-state index contributed by atoms with van der Waals surface area (Å²) < 4.78 is 10.6. The molecule has 1 unspecified atom stereocenters. The molecule has 0 bridgehead atoms. The normalized spacial score (nSPS) is 23.2. The van der Waals surface area contributed by atoms with Crippen LogP contribution in [0.1, 0.15) is 56.2 Å². The lowest BCUT2D eigenvalue weighted by Crippen LogP contribution is -2.59. The highest BCUT2D eigenvalue weighted by molar-refractivity contribution is 7.09. The summed E-state index contributed by atoms with van der Waals surface area (Å²) in [5.41, 5.74) is -0.763. The molecule has 2 rings (SSSR count). The van der Waals surface area contributed by atoms with Crippen LogP contribution in [0.4, 0.5) is 0 Å². The maximum absolute atomic E-state index is 12.2. The van der Waals surface area contributed by atoms with Crippen molar-refractivity contribution in [3.8, 4) is 0 Å². The number of amides is 1. The highest BCUT2D eigenvalue weighted by Crippen LogP contribution is 2.47. The largest absolute Gasteiger partial charge is 0.464 e. The molecule has 1 saturated heterocycles. The average molecular weight is 326 g/mol. The summed E-state index contributed by atoms with van der Waals surface area (Å²) in [5.74, 6) is -0.557. The zero-order valence-electron chi connectivity index (χ0n) is 13.8. The van der Waals surface area contributed by atoms with E-state index in [0.717, 1.165) is 5.01 Å². The number of thiazole rings is 1. The zero-order valence-corrected chi connectivity index (χ0v) is 14.6. The Morgan fingerprint density at radius 3 is 2.59 bits per heavy atom. The molecule has 0 aliphatic carbocycles. The average Bonchev–Trinajstić information content (AvgIpc) is 2.89. The van der Waals surface area contributed by atoms with Crippen LogP contribution >= 0.6 is 11.3 Å². The van der Waals surface area contributed by atoms with Gasteiger partial charge in [0.05, 0.1) is 19.8 Å². The van der Waals surface area contributed by atoms with Gasteiger partial charge in [0, 0.05) is 17.7 Å². The predicted octanol–water partition coefficient (Wildman–Crippen LogP) is 2.61. The van der Waals surface area contributed by atoms with Crippen molar-refractivity contribution in [2.75, 3.05) is 13.7 Å². The number of carbonyl (C=O) groups is 2. The van der Waals surface area contributed by atoms with Crippen LogP contribution in [0.2, 0.25) is 0 Å². The van der Waals surface area contributed by atoms with Crippen LogP contribution < -0.4 is 0 Å². The van der Waals surface area contributed by atoms with Gasteiger partial charge in [0.25, 0.3) is 0 Å². The number of ether oxygens (including phenoxy) is 2. The Balaban J connectivity index is 2.48. The Hall–Kier alpha value is -1.47. The lowest BCUT2D eigenvalue weighted by molar-refractivity contribution is -0.228. The van der Waals surface area contributed by atoms with E-state index in [0.29, 0.717) is 6.61 Å². The molecule has 0 spiro atoms. The summed E-state index contributed by atoms with van der Waals surface area (Å²) in [6, 6.07) is -0.253. The third kappa shape index (κ3) is 2.87. The van der Waals surface area contributed by atoms with Crippen LogP contribution in [-0.2, 0) is 14.3 Å². The van der Waals surface area contributed by atoms with Crippen LogP contribution in [0.5, 0.6) is 0 Å². The summed E-state index contributed by atoms with van der Waals surface area (Å²) in [5, 5.41) is 2.38. The van der Waals surface area contributed by atoms with Crippen molar-refractivity contribution in [1.82, 2.24) is 9.88 Å². The van der Waals surface area contributed by atoms with E-state index in [-0.39, 0.29) is 23.1 Å². The van der Waals surface area contributed by atoms with Gasteiger partial charge in [-0.25, -0.2) is 9.78 Å². The number of rotatable bonds is 2. The first-order valence-electron chi connectivity index (χ1n) is 7.08. The van der Waals surface area contributed by atoms with Gasteiger partial charge in [0.2, 0.25) is 5.91 Å². The number of methoxy groups -OCH3 is 1. The van der Waals surface area contributed by atoms with E-state index in [4.69, 9.17) is 9.47 Å². The van der Waals surface area contributed by atoms with E-state index in [1.165, 1.54) is 25.4 Å². The highest BCUT2D eigenvalue weighted by Gasteiger charge is 2.50. The molecule has 0 aromatic carbocycles. The van der Waals surface area contributed by atoms with Crippen molar-refractivity contribution in [2.24, 2.45) is 5.41 Å². The molecule has 1 aliphatic heterocycles. The van der Waals surface area contributed by atoms with Gasteiger partial charge < -0.3 is 14.4 Å². The molecule has 2 heterocycles. The fraction of sp³-hybridized carbons (Fsp3) is 0.667. The number of carbonyl (C=O) groups excluding carboxylic acids is 2. The first-order valence-corrected chi connectivity index (χ1v) is 7.96. The quantitative estimate of drug-likeness (QED) is 0.781. The van der Waals surface area contributed by atoms with Crippen molar-refractivity contribution < 1.29 is 19.1 Å². The summed E-state index contributed by atoms with van der Waals surface area (Å²) in [7, 11) is 1.32. The van der Waals surface area contributed by atoms with Crippen LogP contribution in [0.3, 0.4) is 0 Å². The third-order valence-corrected chi connectivity index (χ3v) is 4.76. The van der Waals surface area contributed by atoms with Crippen molar-refractivity contribution >= 4 is 23.2 Å². The molecule has 1 aromatic rings. The minimum absolute atomic E-state index is 0.0856. The first kappa shape index (κ1) is 16.9. The van der Waals surface area contributed by atoms with E-state index in [1.807, 2.05) is 27.7 Å². The van der Waals surface area contributed by atoms with Gasteiger partial charge in [0.1, 0.15) is 10.7 Å². The number of aromatic nitrogens is 1. The van der Waals surface area contributed by atoms with E-state index in [1.54, 1.807) is 10.3 Å². The molecule has 122 valence electrons. The van der Waals surface area contributed by atoms with E-state index >= 15 is 0 Å². The molecular weight excluding hydrogens is 304 g/mol. The molecule has 1 aliphatic rings. The molecule has 0 radical (unpaired) electrons. The van der Waals surface area contributed by atoms with Gasteiger partial charge in [-0.2, -0.15) is 0 Å². The van der Waals surface area contributed by atoms with Crippen molar-refractivity contribution in [3.05, 3.63) is 16.1 Å². The molecule has 6 nitrogen and oxygen atoms in total. The Morgan fingerprint density at radius 2 is 2.05 bits per heavy atom. The third-order valence-electron chi connectivity index (χ3n) is 3.87. The van der Waals surface area contributed by atoms with Gasteiger partial charge in [-0.05, 0) is 13.8 Å². The minimum atomic E-state index is -0.719. The predicted molar refractivity (Wildman–Crippen MR) is 82.5 cm³/mol. The molecule has 0 N–H and O–H groups in total. The first-order chi connectivity index (χ1) is 10.1. The Kier molecular flexibility index (Phi) is 4.32. The lowest BCUT2D eigenvalue weighted by Gasteiger charge is -2.53. The van der Waals surface area contributed by atoms with E-state index < -0.39 is 11.7 Å². The van der Waals surface area contributed by atoms with Crippen LogP contribution in [0, 0.1) is 5.41 Å². The molecule has 1 amide bonds. The van der Waals surface area contributed by atoms with Crippen molar-refractivity contribution in [1.29, 1.82) is 0 Å².